The minimum absolute atomic E-state index is 0.887. The first kappa shape index (κ1) is 11.0. The minimum atomic E-state index is -0.914. The molecule has 0 aromatic carbocycles. The lowest BCUT2D eigenvalue weighted by atomic mass is 10.3. The van der Waals surface area contributed by atoms with Crippen molar-refractivity contribution < 1.29 is 0 Å². The molecule has 72 valence electrons. The third-order valence-electron chi connectivity index (χ3n) is 2.08. The molecule has 0 N–H and O–H groups in total. The summed E-state index contributed by atoms with van der Waals surface area (Å²) in [4.78, 5) is 0. The Labute approximate surface area is 86.3 Å². The van der Waals surface area contributed by atoms with E-state index in [2.05, 4.69) is 57.0 Å². The fourth-order valence-electron chi connectivity index (χ4n) is 1.44. The van der Waals surface area contributed by atoms with Gasteiger partial charge in [-0.05, 0) is 6.42 Å². The van der Waals surface area contributed by atoms with Crippen molar-refractivity contribution >= 4 is 31.6 Å². The van der Waals surface area contributed by atoms with Crippen LogP contribution in [0.3, 0.4) is 0 Å². The fourth-order valence-corrected chi connectivity index (χ4v) is 9.26. The van der Waals surface area contributed by atoms with E-state index in [0.29, 0.717) is 0 Å². The zero-order valence-corrected chi connectivity index (χ0v) is 11.4. The van der Waals surface area contributed by atoms with Gasteiger partial charge in [0.05, 0.1) is 8.07 Å². The summed E-state index contributed by atoms with van der Waals surface area (Å²) in [6, 6.07) is 0. The number of hydrogen-bond acceptors (Lipinski definition) is 2. The van der Waals surface area contributed by atoms with Crippen LogP contribution in [0.2, 0.25) is 19.6 Å². The third kappa shape index (κ3) is 3.00. The summed E-state index contributed by atoms with van der Waals surface area (Å²) in [6.07, 6.45) is 1.40. The largest absolute Gasteiger partial charge is 0.148 e. The molecule has 1 fully saturated rings. The van der Waals surface area contributed by atoms with E-state index in [-0.39, 0.29) is 0 Å². The molecule has 12 heavy (non-hydrogen) atoms. The predicted octanol–water partition coefficient (Wildman–Crippen LogP) is 3.84. The summed E-state index contributed by atoms with van der Waals surface area (Å²) in [7, 11) is -0.914. The highest BCUT2D eigenvalue weighted by Gasteiger charge is 2.34. The van der Waals surface area contributed by atoms with Crippen molar-refractivity contribution in [2.45, 2.75) is 54.6 Å². The average molecular weight is 220 g/mol. The highest BCUT2D eigenvalue weighted by molar-refractivity contribution is 8.20. The molecule has 3 atom stereocenters. The topological polar surface area (TPSA) is 0 Å². The summed E-state index contributed by atoms with van der Waals surface area (Å²) in [5.41, 5.74) is 0. The van der Waals surface area contributed by atoms with Gasteiger partial charge in [-0.15, -0.1) is 23.5 Å². The first-order valence-corrected chi connectivity index (χ1v) is 10.2. The lowest BCUT2D eigenvalue weighted by Crippen LogP contribution is -2.38. The highest BCUT2D eigenvalue weighted by Crippen LogP contribution is 2.44. The third-order valence-corrected chi connectivity index (χ3v) is 11.0. The standard InChI is InChI=1S/C9H20S2Si/c1-7-6-8(2)11-9(10-7)12(3,4)5/h7-9H,6H2,1-5H3/t7-,8+,9?. The molecular weight excluding hydrogens is 200 g/mol. The monoisotopic (exact) mass is 220 g/mol. The molecule has 1 saturated heterocycles. The van der Waals surface area contributed by atoms with E-state index < -0.39 is 8.07 Å². The van der Waals surface area contributed by atoms with Gasteiger partial charge in [-0.1, -0.05) is 33.5 Å². The lowest BCUT2D eigenvalue weighted by molar-refractivity contribution is 0.796. The van der Waals surface area contributed by atoms with E-state index in [0.717, 1.165) is 14.7 Å². The van der Waals surface area contributed by atoms with E-state index in [1.165, 1.54) is 6.42 Å². The van der Waals surface area contributed by atoms with Crippen molar-refractivity contribution in [3.8, 4) is 0 Å². The summed E-state index contributed by atoms with van der Waals surface area (Å²) < 4.78 is 0.927. The smallest absolute Gasteiger partial charge is 0.0713 e. The van der Waals surface area contributed by atoms with Crippen molar-refractivity contribution in [3.05, 3.63) is 0 Å². The maximum Gasteiger partial charge on any atom is 0.0713 e. The minimum Gasteiger partial charge on any atom is -0.148 e. The van der Waals surface area contributed by atoms with E-state index in [9.17, 15) is 0 Å². The number of hydrogen-bond donors (Lipinski definition) is 0. The molecule has 0 saturated carbocycles. The summed E-state index contributed by atoms with van der Waals surface area (Å²) in [6.45, 7) is 12.2. The van der Waals surface area contributed by atoms with E-state index in [1.807, 2.05) is 0 Å². The molecular formula is C9H20S2Si. The van der Waals surface area contributed by atoms with Crippen LogP contribution < -0.4 is 0 Å². The van der Waals surface area contributed by atoms with Gasteiger partial charge < -0.3 is 0 Å². The molecule has 1 heterocycles. The Morgan fingerprint density at radius 3 is 1.75 bits per heavy atom. The van der Waals surface area contributed by atoms with Gasteiger partial charge in [0.1, 0.15) is 0 Å². The van der Waals surface area contributed by atoms with Crippen molar-refractivity contribution in [1.29, 1.82) is 0 Å². The molecule has 0 nitrogen and oxygen atoms in total. The second-order valence-corrected chi connectivity index (χ2v) is 14.4. The molecule has 0 aromatic rings. The van der Waals surface area contributed by atoms with Crippen LogP contribution in [0.5, 0.6) is 0 Å². The average Bonchev–Trinajstić information content (AvgIpc) is 1.82. The Kier molecular flexibility index (Phi) is 3.64. The number of rotatable bonds is 1. The van der Waals surface area contributed by atoms with Gasteiger partial charge in [-0.25, -0.2) is 0 Å². The molecule has 1 unspecified atom stereocenters. The molecule has 1 aliphatic heterocycles. The van der Waals surface area contributed by atoms with Gasteiger partial charge in [-0.2, -0.15) is 0 Å². The second kappa shape index (κ2) is 3.97. The molecule has 0 spiro atoms. The molecule has 1 rings (SSSR count). The summed E-state index contributed by atoms with van der Waals surface area (Å²) >= 11 is 4.44. The summed E-state index contributed by atoms with van der Waals surface area (Å²) in [5.74, 6) is 0. The van der Waals surface area contributed by atoms with Crippen LogP contribution in [-0.2, 0) is 0 Å². The van der Waals surface area contributed by atoms with E-state index >= 15 is 0 Å². The zero-order chi connectivity index (χ0) is 9.35. The van der Waals surface area contributed by atoms with Crippen molar-refractivity contribution in [2.75, 3.05) is 0 Å². The Bertz CT molecular complexity index is 143. The van der Waals surface area contributed by atoms with Crippen LogP contribution in [0.25, 0.3) is 0 Å². The van der Waals surface area contributed by atoms with Crippen molar-refractivity contribution in [1.82, 2.24) is 0 Å². The van der Waals surface area contributed by atoms with E-state index in [1.54, 1.807) is 0 Å². The molecule has 0 aromatic heterocycles. The first-order chi connectivity index (χ1) is 5.39. The van der Waals surface area contributed by atoms with Gasteiger partial charge in [0, 0.05) is 14.7 Å². The van der Waals surface area contributed by atoms with Crippen molar-refractivity contribution in [3.63, 3.8) is 0 Å². The van der Waals surface area contributed by atoms with E-state index in [4.69, 9.17) is 0 Å². The Morgan fingerprint density at radius 2 is 1.42 bits per heavy atom. The predicted molar refractivity (Wildman–Crippen MR) is 65.9 cm³/mol. The number of thioether (sulfide) groups is 2. The van der Waals surface area contributed by atoms with Gasteiger partial charge in [0.15, 0.2) is 0 Å². The quantitative estimate of drug-likeness (QED) is 0.616. The first-order valence-electron chi connectivity index (χ1n) is 4.70. The lowest BCUT2D eigenvalue weighted by Gasteiger charge is -2.37. The Hall–Kier alpha value is 0.917. The zero-order valence-electron chi connectivity index (χ0n) is 8.76. The van der Waals surface area contributed by atoms with Crippen LogP contribution in [-0.4, -0.2) is 22.8 Å². The van der Waals surface area contributed by atoms with Gasteiger partial charge in [-0.3, -0.25) is 0 Å². The van der Waals surface area contributed by atoms with Gasteiger partial charge in [0.25, 0.3) is 0 Å². The maximum atomic E-state index is 2.49. The van der Waals surface area contributed by atoms with Crippen LogP contribution in [0.15, 0.2) is 0 Å². The maximum absolute atomic E-state index is 2.49. The van der Waals surface area contributed by atoms with Crippen LogP contribution >= 0.6 is 23.5 Å². The van der Waals surface area contributed by atoms with Gasteiger partial charge >= 0.3 is 0 Å². The molecule has 0 bridgehead atoms. The molecule has 0 amide bonds. The van der Waals surface area contributed by atoms with Crippen LogP contribution in [0.4, 0.5) is 0 Å². The molecule has 0 radical (unpaired) electrons. The Balaban J connectivity index is 2.55. The SMILES string of the molecule is C[C@@H]1C[C@H](C)SC([Si](C)(C)C)S1. The van der Waals surface area contributed by atoms with Crippen molar-refractivity contribution in [2.24, 2.45) is 0 Å². The molecule has 0 aliphatic carbocycles. The summed E-state index contributed by atoms with van der Waals surface area (Å²) in [5, 5.41) is 1.77. The molecule has 1 aliphatic rings. The van der Waals surface area contributed by atoms with Gasteiger partial charge in [0.2, 0.25) is 0 Å². The second-order valence-electron chi connectivity index (χ2n) is 4.83. The Morgan fingerprint density at radius 1 is 1.00 bits per heavy atom. The van der Waals surface area contributed by atoms with Crippen LogP contribution in [0.1, 0.15) is 20.3 Å². The fraction of sp³-hybridized carbons (Fsp3) is 1.00. The highest BCUT2D eigenvalue weighted by atomic mass is 32.2. The van der Waals surface area contributed by atoms with Crippen LogP contribution in [0, 0.1) is 0 Å². The molecule has 3 heteroatoms. The normalized spacial score (nSPS) is 38.2.